The molecule has 0 aliphatic heterocycles. The van der Waals surface area contributed by atoms with Crippen molar-refractivity contribution in [3.8, 4) is 0 Å². The molecular formula is C7H15F2NO. The molecular weight excluding hydrogens is 152 g/mol. The molecule has 0 spiro atoms. The highest BCUT2D eigenvalue weighted by molar-refractivity contribution is 4.88. The van der Waals surface area contributed by atoms with Crippen molar-refractivity contribution in [2.75, 3.05) is 6.61 Å². The molecule has 1 atom stereocenters. The third-order valence-electron chi connectivity index (χ3n) is 1.60. The van der Waals surface area contributed by atoms with Crippen molar-refractivity contribution in [1.29, 1.82) is 0 Å². The maximum atomic E-state index is 12.7. The topological polar surface area (TPSA) is 46.2 Å². The smallest absolute Gasteiger partial charge is 0.285 e. The minimum atomic E-state index is -3.18. The van der Waals surface area contributed by atoms with Gasteiger partial charge in [-0.25, -0.2) is 8.78 Å². The van der Waals surface area contributed by atoms with Crippen molar-refractivity contribution in [3.63, 3.8) is 0 Å². The first kappa shape index (κ1) is 10.8. The van der Waals surface area contributed by atoms with Gasteiger partial charge in [-0.3, -0.25) is 0 Å². The Morgan fingerprint density at radius 3 is 1.82 bits per heavy atom. The molecule has 68 valence electrons. The van der Waals surface area contributed by atoms with Crippen molar-refractivity contribution in [2.45, 2.75) is 32.7 Å². The van der Waals surface area contributed by atoms with Crippen molar-refractivity contribution in [1.82, 2.24) is 0 Å². The fraction of sp³-hybridized carbons (Fsp3) is 1.00. The second-order valence-electron chi connectivity index (χ2n) is 3.76. The van der Waals surface area contributed by atoms with Crippen LogP contribution in [-0.2, 0) is 0 Å². The fourth-order valence-electron chi connectivity index (χ4n) is 0.732. The van der Waals surface area contributed by atoms with Crippen LogP contribution in [0.2, 0.25) is 0 Å². The minimum Gasteiger partial charge on any atom is -0.390 e. The summed E-state index contributed by atoms with van der Waals surface area (Å²) in [4.78, 5) is 0. The molecule has 0 radical (unpaired) electrons. The first-order valence-electron chi connectivity index (χ1n) is 3.46. The molecule has 3 N–H and O–H groups in total. The molecule has 0 rings (SSSR count). The Morgan fingerprint density at radius 2 is 1.73 bits per heavy atom. The summed E-state index contributed by atoms with van der Waals surface area (Å²) in [5.74, 6) is -3.18. The van der Waals surface area contributed by atoms with Crippen LogP contribution in [0.4, 0.5) is 8.78 Å². The van der Waals surface area contributed by atoms with Gasteiger partial charge in [0.25, 0.3) is 5.92 Å². The summed E-state index contributed by atoms with van der Waals surface area (Å²) in [6, 6.07) is -1.31. The second-order valence-corrected chi connectivity index (χ2v) is 3.76. The highest BCUT2D eigenvalue weighted by atomic mass is 19.3. The SMILES string of the molecule is CC(C)(C)C(N)C(F)(F)CO. The van der Waals surface area contributed by atoms with Crippen LogP contribution in [0.5, 0.6) is 0 Å². The molecule has 0 bridgehead atoms. The number of aliphatic hydroxyl groups is 1. The lowest BCUT2D eigenvalue weighted by atomic mass is 9.84. The largest absolute Gasteiger partial charge is 0.390 e. The predicted molar refractivity (Wildman–Crippen MR) is 39.5 cm³/mol. The van der Waals surface area contributed by atoms with E-state index in [2.05, 4.69) is 0 Å². The number of alkyl halides is 2. The van der Waals surface area contributed by atoms with Gasteiger partial charge in [0.15, 0.2) is 0 Å². The lowest BCUT2D eigenvalue weighted by Gasteiger charge is -2.32. The first-order valence-corrected chi connectivity index (χ1v) is 3.46. The number of aliphatic hydroxyl groups excluding tert-OH is 1. The number of nitrogens with two attached hydrogens (primary N) is 1. The van der Waals surface area contributed by atoms with Gasteiger partial charge in [0, 0.05) is 0 Å². The van der Waals surface area contributed by atoms with E-state index in [4.69, 9.17) is 10.8 Å². The Bertz CT molecular complexity index is 131. The lowest BCUT2D eigenvalue weighted by Crippen LogP contribution is -2.51. The maximum absolute atomic E-state index is 12.7. The van der Waals surface area contributed by atoms with Gasteiger partial charge in [-0.2, -0.15) is 0 Å². The van der Waals surface area contributed by atoms with Crippen molar-refractivity contribution in [2.24, 2.45) is 11.1 Å². The molecule has 0 fully saturated rings. The molecule has 4 heteroatoms. The van der Waals surface area contributed by atoms with Crippen LogP contribution in [0.1, 0.15) is 20.8 Å². The van der Waals surface area contributed by atoms with Crippen molar-refractivity contribution >= 4 is 0 Å². The van der Waals surface area contributed by atoms with E-state index in [0.717, 1.165) is 0 Å². The summed E-state index contributed by atoms with van der Waals surface area (Å²) in [6.45, 7) is 3.65. The van der Waals surface area contributed by atoms with Gasteiger partial charge in [0.05, 0.1) is 6.04 Å². The molecule has 1 unspecified atom stereocenters. The molecule has 0 saturated heterocycles. The van der Waals surface area contributed by atoms with Crippen LogP contribution in [0.15, 0.2) is 0 Å². The molecule has 0 aliphatic rings. The van der Waals surface area contributed by atoms with Gasteiger partial charge >= 0.3 is 0 Å². The Kier molecular flexibility index (Phi) is 2.97. The monoisotopic (exact) mass is 167 g/mol. The van der Waals surface area contributed by atoms with Gasteiger partial charge in [-0.1, -0.05) is 20.8 Å². The summed E-state index contributed by atoms with van der Waals surface area (Å²) in [5.41, 5.74) is 4.54. The van der Waals surface area contributed by atoms with Crippen LogP contribution in [0, 0.1) is 5.41 Å². The highest BCUT2D eigenvalue weighted by Gasteiger charge is 2.42. The van der Waals surface area contributed by atoms with E-state index >= 15 is 0 Å². The molecule has 2 nitrogen and oxygen atoms in total. The molecule has 11 heavy (non-hydrogen) atoms. The average Bonchev–Trinajstić information content (AvgIpc) is 1.84. The van der Waals surface area contributed by atoms with E-state index in [0.29, 0.717) is 0 Å². The Labute approximate surface area is 65.4 Å². The Balaban J connectivity index is 4.35. The normalized spacial score (nSPS) is 16.6. The maximum Gasteiger partial charge on any atom is 0.285 e. The summed E-state index contributed by atoms with van der Waals surface area (Å²) in [6.07, 6.45) is 0. The molecule has 0 aromatic heterocycles. The van der Waals surface area contributed by atoms with E-state index in [1.165, 1.54) is 0 Å². The van der Waals surface area contributed by atoms with Gasteiger partial charge in [0.1, 0.15) is 6.61 Å². The summed E-state index contributed by atoms with van der Waals surface area (Å²) >= 11 is 0. The zero-order valence-electron chi connectivity index (χ0n) is 7.06. The summed E-state index contributed by atoms with van der Waals surface area (Å²) in [5, 5.41) is 8.30. The minimum absolute atomic E-state index is 0.688. The van der Waals surface area contributed by atoms with E-state index in [1.807, 2.05) is 0 Å². The second kappa shape index (κ2) is 3.03. The molecule has 0 amide bonds. The van der Waals surface area contributed by atoms with Crippen molar-refractivity contribution < 1.29 is 13.9 Å². The molecule has 0 aromatic carbocycles. The Morgan fingerprint density at radius 1 is 1.36 bits per heavy atom. The summed E-state index contributed by atoms with van der Waals surface area (Å²) in [7, 11) is 0. The van der Waals surface area contributed by atoms with Crippen LogP contribution in [-0.4, -0.2) is 23.7 Å². The van der Waals surface area contributed by atoms with Gasteiger partial charge < -0.3 is 10.8 Å². The van der Waals surface area contributed by atoms with Gasteiger partial charge in [-0.15, -0.1) is 0 Å². The molecule has 0 aliphatic carbocycles. The Hall–Kier alpha value is -0.220. The average molecular weight is 167 g/mol. The van der Waals surface area contributed by atoms with E-state index in [9.17, 15) is 8.78 Å². The predicted octanol–water partition coefficient (Wildman–Crippen LogP) is 0.987. The third-order valence-corrected chi connectivity index (χ3v) is 1.60. The van der Waals surface area contributed by atoms with Crippen LogP contribution < -0.4 is 5.73 Å². The number of hydrogen-bond acceptors (Lipinski definition) is 2. The highest BCUT2D eigenvalue weighted by Crippen LogP contribution is 2.29. The van der Waals surface area contributed by atoms with Crippen LogP contribution >= 0.6 is 0 Å². The number of hydrogen-bond donors (Lipinski definition) is 2. The first-order chi connectivity index (χ1) is 4.72. The van der Waals surface area contributed by atoms with E-state index in [-0.39, 0.29) is 0 Å². The van der Waals surface area contributed by atoms with Crippen molar-refractivity contribution in [3.05, 3.63) is 0 Å². The standard InChI is InChI=1S/C7H15F2NO/c1-6(2,3)5(10)7(8,9)4-11/h5,11H,4,10H2,1-3H3. The fourth-order valence-corrected chi connectivity index (χ4v) is 0.732. The van der Waals surface area contributed by atoms with E-state index < -0.39 is 24.0 Å². The third kappa shape index (κ3) is 2.71. The van der Waals surface area contributed by atoms with Gasteiger partial charge in [-0.05, 0) is 5.41 Å². The molecule has 0 saturated carbocycles. The quantitative estimate of drug-likeness (QED) is 0.644. The van der Waals surface area contributed by atoms with E-state index in [1.54, 1.807) is 20.8 Å². The van der Waals surface area contributed by atoms with Gasteiger partial charge in [0.2, 0.25) is 0 Å². The molecule has 0 aromatic rings. The summed E-state index contributed by atoms with van der Waals surface area (Å²) < 4.78 is 25.3. The molecule has 0 heterocycles. The zero-order valence-corrected chi connectivity index (χ0v) is 7.06. The van der Waals surface area contributed by atoms with Crippen LogP contribution in [0.25, 0.3) is 0 Å². The number of halogens is 2. The lowest BCUT2D eigenvalue weighted by molar-refractivity contribution is -0.0943. The number of rotatable bonds is 2. The van der Waals surface area contributed by atoms with Crippen LogP contribution in [0.3, 0.4) is 0 Å². The zero-order chi connectivity index (χ0) is 9.28.